The van der Waals surface area contributed by atoms with E-state index in [-0.39, 0.29) is 12.2 Å². The fourth-order valence-electron chi connectivity index (χ4n) is 4.01. The lowest BCUT2D eigenvalue weighted by Crippen LogP contribution is -2.34. The zero-order chi connectivity index (χ0) is 21.5. The third-order valence-corrected chi connectivity index (χ3v) is 5.95. The Bertz CT molecular complexity index is 1060. The number of Topliss-reactive ketones (excluding diaryl/α,β-unsaturated/α-hetero) is 1. The van der Waals surface area contributed by atoms with Crippen molar-refractivity contribution in [3.8, 4) is 0 Å². The van der Waals surface area contributed by atoms with Crippen molar-refractivity contribution in [1.29, 1.82) is 0 Å². The zero-order valence-corrected chi connectivity index (χ0v) is 18.2. The lowest BCUT2D eigenvalue weighted by atomic mass is 9.96. The molecule has 2 aromatic heterocycles. The maximum atomic E-state index is 12.9. The van der Waals surface area contributed by atoms with Crippen molar-refractivity contribution in [1.82, 2.24) is 14.6 Å². The highest BCUT2D eigenvalue weighted by Gasteiger charge is 2.21. The van der Waals surface area contributed by atoms with Crippen molar-refractivity contribution in [2.45, 2.75) is 52.6 Å². The molecule has 1 aromatic carbocycles. The summed E-state index contributed by atoms with van der Waals surface area (Å²) >= 11 is 0. The number of carbonyl (C=O) groups excluding carboxylic acids is 1. The summed E-state index contributed by atoms with van der Waals surface area (Å²) in [6.45, 7) is 9.71. The number of hydrogen-bond acceptors (Lipinski definition) is 5. The molecule has 0 saturated carbocycles. The average molecular weight is 407 g/mol. The molecule has 1 fully saturated rings. The molecule has 0 radical (unpaired) electrons. The molecule has 3 heterocycles. The van der Waals surface area contributed by atoms with Gasteiger partial charge in [-0.1, -0.05) is 31.2 Å². The first-order chi connectivity index (χ1) is 14.2. The average Bonchev–Trinajstić information content (AvgIpc) is 3.07. The number of fused-ring (bicyclic) bond motifs is 1. The Morgan fingerprint density at radius 3 is 2.47 bits per heavy atom. The van der Waals surface area contributed by atoms with Crippen LogP contribution in [0.2, 0.25) is 0 Å². The van der Waals surface area contributed by atoms with E-state index in [0.717, 1.165) is 60.3 Å². The van der Waals surface area contributed by atoms with Crippen LogP contribution in [0.5, 0.6) is 0 Å². The summed E-state index contributed by atoms with van der Waals surface area (Å²) in [6, 6.07) is 11.2. The summed E-state index contributed by atoms with van der Waals surface area (Å²) in [5, 5.41) is 14.7. The fraction of sp³-hybridized carbons (Fsp3) is 0.458. The van der Waals surface area contributed by atoms with Gasteiger partial charge in [0.05, 0.1) is 23.4 Å². The van der Waals surface area contributed by atoms with E-state index in [1.54, 1.807) is 26.0 Å². The van der Waals surface area contributed by atoms with Gasteiger partial charge in [-0.2, -0.15) is 9.61 Å². The third kappa shape index (κ3) is 4.24. The minimum Gasteiger partial charge on any atom is -0.386 e. The molecular formula is C24H30N4O2. The fourth-order valence-corrected chi connectivity index (χ4v) is 4.01. The molecule has 0 unspecified atom stereocenters. The highest BCUT2D eigenvalue weighted by Crippen LogP contribution is 2.25. The van der Waals surface area contributed by atoms with Crippen LogP contribution in [-0.2, 0) is 12.0 Å². The molecule has 6 nitrogen and oxygen atoms in total. The summed E-state index contributed by atoms with van der Waals surface area (Å²) in [5.41, 5.74) is 2.95. The van der Waals surface area contributed by atoms with Gasteiger partial charge in [0.25, 0.3) is 0 Å². The second kappa shape index (κ2) is 7.84. The first kappa shape index (κ1) is 20.5. The first-order valence-corrected chi connectivity index (χ1v) is 10.7. The smallest absolute Gasteiger partial charge is 0.168 e. The predicted molar refractivity (Wildman–Crippen MR) is 118 cm³/mol. The van der Waals surface area contributed by atoms with Gasteiger partial charge < -0.3 is 10.0 Å². The van der Waals surface area contributed by atoms with Crippen LogP contribution in [0.25, 0.3) is 5.65 Å². The summed E-state index contributed by atoms with van der Waals surface area (Å²) < 4.78 is 1.90. The standard InChI is InChI=1S/C24H30N4O2/c1-16-9-11-27(12-10-16)23-15-20(25-22-13-17(2)26-28(22)23)14-21(29)18-5-7-19(8-6-18)24(3,4)30/h5-8,13,15-16,30H,9-12,14H2,1-4H3. The molecule has 158 valence electrons. The van der Waals surface area contributed by atoms with Crippen molar-refractivity contribution < 1.29 is 9.90 Å². The minimum absolute atomic E-state index is 0.0172. The van der Waals surface area contributed by atoms with Gasteiger partial charge >= 0.3 is 0 Å². The molecule has 1 N–H and O–H groups in total. The molecule has 0 amide bonds. The van der Waals surface area contributed by atoms with Crippen LogP contribution in [0.4, 0.5) is 5.82 Å². The van der Waals surface area contributed by atoms with Gasteiger partial charge in [0.1, 0.15) is 5.82 Å². The van der Waals surface area contributed by atoms with E-state index in [4.69, 9.17) is 4.98 Å². The van der Waals surface area contributed by atoms with Crippen LogP contribution in [0.15, 0.2) is 36.4 Å². The SMILES string of the molecule is Cc1cc2nc(CC(=O)c3ccc(C(C)(C)O)cc3)cc(N3CCC(C)CC3)n2n1. The van der Waals surface area contributed by atoms with Gasteiger partial charge in [0.15, 0.2) is 11.4 Å². The van der Waals surface area contributed by atoms with Crippen LogP contribution in [0.1, 0.15) is 60.9 Å². The van der Waals surface area contributed by atoms with E-state index in [1.165, 1.54) is 0 Å². The maximum Gasteiger partial charge on any atom is 0.168 e. The number of nitrogens with zero attached hydrogens (tertiary/aromatic N) is 4. The lowest BCUT2D eigenvalue weighted by Gasteiger charge is -2.32. The first-order valence-electron chi connectivity index (χ1n) is 10.7. The highest BCUT2D eigenvalue weighted by atomic mass is 16.3. The summed E-state index contributed by atoms with van der Waals surface area (Å²) in [7, 11) is 0. The van der Waals surface area contributed by atoms with Gasteiger partial charge in [-0.05, 0) is 45.1 Å². The number of carbonyl (C=O) groups is 1. The largest absolute Gasteiger partial charge is 0.386 e. The summed E-state index contributed by atoms with van der Waals surface area (Å²) in [6.07, 6.45) is 2.55. The molecule has 1 aliphatic heterocycles. The Morgan fingerprint density at radius 1 is 1.17 bits per heavy atom. The second-order valence-electron chi connectivity index (χ2n) is 9.07. The van der Waals surface area contributed by atoms with E-state index >= 15 is 0 Å². The number of hydrogen-bond donors (Lipinski definition) is 1. The van der Waals surface area contributed by atoms with E-state index in [2.05, 4.69) is 16.9 Å². The quantitative estimate of drug-likeness (QED) is 0.650. The van der Waals surface area contributed by atoms with Crippen LogP contribution in [0, 0.1) is 12.8 Å². The van der Waals surface area contributed by atoms with Crippen molar-refractivity contribution in [2.24, 2.45) is 5.92 Å². The number of aliphatic hydroxyl groups is 1. The Hall–Kier alpha value is -2.73. The molecule has 0 bridgehead atoms. The third-order valence-electron chi connectivity index (χ3n) is 5.95. The Morgan fingerprint density at radius 2 is 1.83 bits per heavy atom. The van der Waals surface area contributed by atoms with E-state index < -0.39 is 5.60 Å². The van der Waals surface area contributed by atoms with Crippen molar-refractivity contribution in [3.63, 3.8) is 0 Å². The Balaban J connectivity index is 1.61. The predicted octanol–water partition coefficient (Wildman–Crippen LogP) is 3.93. The minimum atomic E-state index is -0.922. The molecule has 1 saturated heterocycles. The number of ketones is 1. The lowest BCUT2D eigenvalue weighted by molar-refractivity contribution is 0.0784. The van der Waals surface area contributed by atoms with E-state index in [1.807, 2.05) is 35.7 Å². The van der Waals surface area contributed by atoms with Crippen LogP contribution >= 0.6 is 0 Å². The molecule has 0 aliphatic carbocycles. The van der Waals surface area contributed by atoms with E-state index in [9.17, 15) is 9.90 Å². The second-order valence-corrected chi connectivity index (χ2v) is 9.07. The van der Waals surface area contributed by atoms with Crippen molar-refractivity contribution in [2.75, 3.05) is 18.0 Å². The molecule has 1 aliphatic rings. The molecule has 6 heteroatoms. The Labute approximate surface area is 177 Å². The number of aromatic nitrogens is 3. The molecular weight excluding hydrogens is 376 g/mol. The number of rotatable bonds is 5. The maximum absolute atomic E-state index is 12.9. The highest BCUT2D eigenvalue weighted by molar-refractivity contribution is 5.97. The normalized spacial score (nSPS) is 15.7. The van der Waals surface area contributed by atoms with Crippen LogP contribution in [-0.4, -0.2) is 38.6 Å². The van der Waals surface area contributed by atoms with Gasteiger partial charge in [0, 0.05) is 30.8 Å². The van der Waals surface area contributed by atoms with Gasteiger partial charge in [-0.15, -0.1) is 0 Å². The number of benzene rings is 1. The molecule has 4 rings (SSSR count). The molecule has 0 spiro atoms. The van der Waals surface area contributed by atoms with Crippen molar-refractivity contribution >= 4 is 17.2 Å². The summed E-state index contributed by atoms with van der Waals surface area (Å²) in [5.74, 6) is 1.77. The number of anilines is 1. The van der Waals surface area contributed by atoms with Gasteiger partial charge in [0.2, 0.25) is 0 Å². The van der Waals surface area contributed by atoms with Gasteiger partial charge in [-0.25, -0.2) is 4.98 Å². The summed E-state index contributed by atoms with van der Waals surface area (Å²) in [4.78, 5) is 20.0. The van der Waals surface area contributed by atoms with E-state index in [0.29, 0.717) is 5.56 Å². The Kier molecular flexibility index (Phi) is 5.36. The van der Waals surface area contributed by atoms with Crippen molar-refractivity contribution in [3.05, 3.63) is 58.9 Å². The van der Waals surface area contributed by atoms with Gasteiger partial charge in [-0.3, -0.25) is 4.79 Å². The van der Waals surface area contributed by atoms with Crippen LogP contribution < -0.4 is 4.90 Å². The zero-order valence-electron chi connectivity index (χ0n) is 18.2. The number of piperidine rings is 1. The number of aryl methyl sites for hydroxylation is 1. The topological polar surface area (TPSA) is 70.7 Å². The molecule has 3 aromatic rings. The molecule has 30 heavy (non-hydrogen) atoms. The monoisotopic (exact) mass is 406 g/mol. The molecule has 0 atom stereocenters. The van der Waals surface area contributed by atoms with Crippen LogP contribution in [0.3, 0.4) is 0 Å².